The predicted octanol–water partition coefficient (Wildman–Crippen LogP) is -3.78. The molecule has 9 N–H and O–H groups in total. The maximum atomic E-state index is 12.2. The van der Waals surface area contributed by atoms with Crippen molar-refractivity contribution in [1.29, 1.82) is 0 Å². The number of anilines is 1. The Bertz CT molecular complexity index is 1270. The summed E-state index contributed by atoms with van der Waals surface area (Å²) in [4.78, 5) is 70.2. The predicted molar refractivity (Wildman–Crippen MR) is 158 cm³/mol. The van der Waals surface area contributed by atoms with Crippen LogP contribution in [0.5, 0.6) is 0 Å². The highest BCUT2D eigenvalue weighted by Gasteiger charge is 2.46. The number of phosphoric acid groups is 3. The molecule has 274 valence electrons. The minimum absolute atomic E-state index is 0.230. The third-order valence-corrected chi connectivity index (χ3v) is 10.7. The number of ether oxygens (including phenoxy) is 1. The molecule has 1 aromatic heterocycles. The van der Waals surface area contributed by atoms with Crippen molar-refractivity contribution in [3.8, 4) is 0 Å². The molecule has 0 saturated carbocycles. The van der Waals surface area contributed by atoms with E-state index in [-0.39, 0.29) is 11.5 Å². The van der Waals surface area contributed by atoms with Crippen molar-refractivity contribution in [2.45, 2.75) is 66.1 Å². The van der Waals surface area contributed by atoms with Crippen molar-refractivity contribution < 1.29 is 80.8 Å². The molecule has 2 aliphatic heterocycles. The quantitative estimate of drug-likeness (QED) is 0.0827. The van der Waals surface area contributed by atoms with Crippen LogP contribution in [0.3, 0.4) is 0 Å². The fraction of sp³-hybridized carbons (Fsp3) is 0.773. The number of carbonyl (C=O) groups excluding carboxylic acids is 2. The van der Waals surface area contributed by atoms with E-state index in [0.29, 0.717) is 0 Å². The van der Waals surface area contributed by atoms with Gasteiger partial charge < -0.3 is 44.3 Å². The first-order valence-corrected chi connectivity index (χ1v) is 19.1. The van der Waals surface area contributed by atoms with E-state index in [9.17, 15) is 48.2 Å². The van der Waals surface area contributed by atoms with E-state index < -0.39 is 66.6 Å². The van der Waals surface area contributed by atoms with E-state index in [4.69, 9.17) is 9.63 Å². The Balaban J connectivity index is 0.000000658. The summed E-state index contributed by atoms with van der Waals surface area (Å²) in [5.41, 5.74) is 3.70. The SMILES string of the molecule is CC[NH+](CC)CC.CC[NH+](CC)CC.O=C1NNC(=O)c2c(ncn2[C@@H]2O[C@H](COP(=O)(O)OP(=O)([O-])OP(=O)([O-])O)[C@@H](O)[C@H]2O)N1. The summed E-state index contributed by atoms with van der Waals surface area (Å²) in [6.45, 7) is 19.9. The second-order valence-electron chi connectivity index (χ2n) is 9.89. The van der Waals surface area contributed by atoms with Crippen LogP contribution in [0.2, 0.25) is 0 Å². The summed E-state index contributed by atoms with van der Waals surface area (Å²) >= 11 is 0. The van der Waals surface area contributed by atoms with E-state index >= 15 is 0 Å². The molecule has 0 radical (unpaired) electrons. The first-order valence-electron chi connectivity index (χ1n) is 14.7. The number of hydrogen-bond donors (Lipinski definition) is 9. The van der Waals surface area contributed by atoms with Crippen molar-refractivity contribution in [3.63, 3.8) is 0 Å². The summed E-state index contributed by atoms with van der Waals surface area (Å²) in [5.74, 6) is -1.11. The van der Waals surface area contributed by atoms with Gasteiger partial charge in [-0.1, -0.05) is 0 Å². The molecule has 0 aromatic carbocycles. The summed E-state index contributed by atoms with van der Waals surface area (Å²) in [6.07, 6.45) is -5.81. The third kappa shape index (κ3) is 14.3. The van der Waals surface area contributed by atoms with Crippen LogP contribution in [0.25, 0.3) is 0 Å². The molecule has 0 aliphatic carbocycles. The average molecular weight is 742 g/mol. The van der Waals surface area contributed by atoms with Gasteiger partial charge in [0.15, 0.2) is 17.7 Å². The van der Waals surface area contributed by atoms with Gasteiger partial charge in [0.25, 0.3) is 21.6 Å². The number of aliphatic hydroxyl groups is 2. The van der Waals surface area contributed by atoms with Crippen molar-refractivity contribution in [2.24, 2.45) is 0 Å². The van der Waals surface area contributed by atoms with Crippen molar-refractivity contribution >= 4 is 41.2 Å². The molecule has 0 bridgehead atoms. The fourth-order valence-electron chi connectivity index (χ4n) is 4.24. The van der Waals surface area contributed by atoms with Gasteiger partial charge in [-0.25, -0.2) is 28.4 Å². The van der Waals surface area contributed by atoms with Gasteiger partial charge in [0, 0.05) is 0 Å². The van der Waals surface area contributed by atoms with Crippen LogP contribution in [0, 0.1) is 0 Å². The molecule has 1 fully saturated rings. The molecule has 1 aromatic rings. The van der Waals surface area contributed by atoms with Crippen molar-refractivity contribution in [2.75, 3.05) is 51.2 Å². The second-order valence-corrected chi connectivity index (χ2v) is 14.2. The maximum Gasteiger partial charge on any atom is 0.478 e. The first kappa shape index (κ1) is 43.2. The number of fused-ring (bicyclic) bond motifs is 1. The highest BCUT2D eigenvalue weighted by molar-refractivity contribution is 7.65. The molecule has 2 aliphatic rings. The molecule has 3 rings (SSSR count). The van der Waals surface area contributed by atoms with Crippen LogP contribution in [0.15, 0.2) is 6.33 Å². The average Bonchev–Trinajstić information content (AvgIpc) is 3.46. The number of amides is 3. The van der Waals surface area contributed by atoms with E-state index in [1.807, 2.05) is 10.9 Å². The molecule has 3 amide bonds. The van der Waals surface area contributed by atoms with Crippen LogP contribution in [-0.4, -0.2) is 106 Å². The van der Waals surface area contributed by atoms with Crippen LogP contribution >= 0.6 is 23.5 Å². The van der Waals surface area contributed by atoms with Gasteiger partial charge in [-0.15, -0.1) is 0 Å². The van der Waals surface area contributed by atoms with Gasteiger partial charge in [-0.2, -0.15) is 0 Å². The topological polar surface area (TPSA) is 312 Å². The molecule has 3 unspecified atom stereocenters. The van der Waals surface area contributed by atoms with Crippen LogP contribution in [0.4, 0.5) is 10.6 Å². The van der Waals surface area contributed by atoms with Gasteiger partial charge >= 0.3 is 13.9 Å². The van der Waals surface area contributed by atoms with Crippen LogP contribution in [-0.2, 0) is 31.6 Å². The van der Waals surface area contributed by atoms with Crippen molar-refractivity contribution in [1.82, 2.24) is 20.4 Å². The Labute approximate surface area is 271 Å². The number of urea groups is 1. The Morgan fingerprint density at radius 2 is 1.40 bits per heavy atom. The molecule has 3 heterocycles. The number of hydrogen-bond acceptors (Lipinski definition) is 14. The standard InChI is InChI=1S/C10H16N5O15P3.2C6H15N/c16-5-3(1-27-32(23,24)30-33(25,26)29-31(20,21)22)28-9(6(5)17)15-2-11-7-4(15)8(18)13-14-10(19)12-7;2*1-4-7(5-2)6-3/h2-3,5-6,9,16-17H,1H2,(H,13,18)(H,23,24)(H,25,26)(H2,12,14,19)(H2,20,21,22);2*4-6H2,1-3H3/t3-,5-,6-,9-;;/m1../s1. The lowest BCUT2D eigenvalue weighted by Crippen LogP contribution is -3.11. The Hall–Kier alpha value is -1.84. The molecular weight excluding hydrogens is 695 g/mol. The number of rotatable bonds is 14. The summed E-state index contributed by atoms with van der Waals surface area (Å²) in [6, 6.07) is -0.834. The highest BCUT2D eigenvalue weighted by Crippen LogP contribution is 2.63. The van der Waals surface area contributed by atoms with E-state index in [1.54, 1.807) is 9.80 Å². The molecule has 22 nitrogen and oxygen atoms in total. The lowest BCUT2D eigenvalue weighted by Gasteiger charge is -2.28. The Morgan fingerprint density at radius 1 is 0.894 bits per heavy atom. The highest BCUT2D eigenvalue weighted by atomic mass is 31.3. The number of quaternary nitrogens is 2. The number of nitrogens with one attached hydrogen (secondary N) is 5. The molecular formula is C22H46N7O15P3. The fourth-order valence-corrected chi connectivity index (χ4v) is 7.17. The lowest BCUT2D eigenvalue weighted by atomic mass is 10.1. The van der Waals surface area contributed by atoms with Crippen LogP contribution < -0.4 is 35.8 Å². The summed E-state index contributed by atoms with van der Waals surface area (Å²) in [7, 11) is -17.6. The second kappa shape index (κ2) is 19.4. The number of phosphoric ester groups is 1. The van der Waals surface area contributed by atoms with Gasteiger partial charge in [0.2, 0.25) is 0 Å². The minimum Gasteiger partial charge on any atom is -0.756 e. The van der Waals surface area contributed by atoms with E-state index in [2.05, 4.69) is 65.0 Å². The largest absolute Gasteiger partial charge is 0.756 e. The van der Waals surface area contributed by atoms with Gasteiger partial charge in [-0.05, 0) is 41.5 Å². The Kier molecular flexibility index (Phi) is 17.8. The zero-order chi connectivity index (χ0) is 36.2. The van der Waals surface area contributed by atoms with Crippen LogP contribution in [0.1, 0.15) is 58.3 Å². The molecule has 1 saturated heterocycles. The third-order valence-electron chi connectivity index (χ3n) is 6.95. The molecule has 25 heteroatoms. The van der Waals surface area contributed by atoms with Gasteiger partial charge in [0.05, 0.1) is 52.2 Å². The first-order chi connectivity index (χ1) is 21.8. The van der Waals surface area contributed by atoms with E-state index in [1.165, 1.54) is 39.3 Å². The number of nitrogens with zero attached hydrogens (tertiary/aromatic N) is 2. The minimum atomic E-state index is -6.07. The number of aliphatic hydroxyl groups excluding tert-OH is 2. The Morgan fingerprint density at radius 3 is 1.85 bits per heavy atom. The number of aromatic nitrogens is 2. The maximum absolute atomic E-state index is 12.2. The summed E-state index contributed by atoms with van der Waals surface area (Å²) in [5, 5.41) is 22.6. The number of imidazole rings is 1. The monoisotopic (exact) mass is 741 g/mol. The van der Waals surface area contributed by atoms with Gasteiger partial charge in [0.1, 0.15) is 18.3 Å². The number of hydrazine groups is 1. The lowest BCUT2D eigenvalue weighted by molar-refractivity contribution is -0.894. The number of carbonyl (C=O) groups is 2. The van der Waals surface area contributed by atoms with E-state index in [0.717, 1.165) is 10.9 Å². The smallest absolute Gasteiger partial charge is 0.478 e. The zero-order valence-corrected chi connectivity index (χ0v) is 29.5. The van der Waals surface area contributed by atoms with Crippen molar-refractivity contribution in [3.05, 3.63) is 12.0 Å². The zero-order valence-electron chi connectivity index (χ0n) is 26.9. The molecule has 7 atom stereocenters. The molecule has 47 heavy (non-hydrogen) atoms. The molecule has 0 spiro atoms. The normalized spacial score (nSPS) is 24.6. The summed E-state index contributed by atoms with van der Waals surface area (Å²) < 4.78 is 50.7. The van der Waals surface area contributed by atoms with Gasteiger partial charge in [-0.3, -0.25) is 33.8 Å².